The lowest BCUT2D eigenvalue weighted by Crippen LogP contribution is -1.99. The molecule has 0 fully saturated rings. The summed E-state index contributed by atoms with van der Waals surface area (Å²) in [5.74, 6) is 0.520. The highest BCUT2D eigenvalue weighted by molar-refractivity contribution is 6.30. The van der Waals surface area contributed by atoms with Crippen LogP contribution in [0.3, 0.4) is 0 Å². The molecule has 0 aliphatic carbocycles. The van der Waals surface area contributed by atoms with Gasteiger partial charge in [0.25, 0.3) is 0 Å². The molecule has 0 radical (unpaired) electrons. The molecule has 0 bridgehead atoms. The molecule has 0 saturated heterocycles. The van der Waals surface area contributed by atoms with E-state index in [0.717, 1.165) is 0 Å². The van der Waals surface area contributed by atoms with Crippen molar-refractivity contribution in [1.82, 2.24) is 15.0 Å². The molecule has 0 aliphatic heterocycles. The molecule has 0 amide bonds. The minimum absolute atomic E-state index is 0.218. The van der Waals surface area contributed by atoms with Gasteiger partial charge in [0.05, 0.1) is 12.0 Å². The van der Waals surface area contributed by atoms with E-state index >= 15 is 0 Å². The Morgan fingerprint density at radius 2 is 2.16 bits per heavy atom. The third-order valence-corrected chi connectivity index (χ3v) is 2.85. The lowest BCUT2D eigenvalue weighted by molar-refractivity contribution is 0.111. The average molecular weight is 274 g/mol. The van der Waals surface area contributed by atoms with Gasteiger partial charge in [0.1, 0.15) is 5.69 Å². The van der Waals surface area contributed by atoms with Crippen LogP contribution < -0.4 is 0 Å². The van der Waals surface area contributed by atoms with Crippen LogP contribution in [0.2, 0.25) is 5.02 Å². The third-order valence-electron chi connectivity index (χ3n) is 2.62. The molecule has 19 heavy (non-hydrogen) atoms. The van der Waals surface area contributed by atoms with E-state index in [1.165, 1.54) is 10.9 Å². The van der Waals surface area contributed by atoms with E-state index < -0.39 is 0 Å². The van der Waals surface area contributed by atoms with Crippen LogP contribution in [0.15, 0.2) is 47.1 Å². The SMILES string of the molecule is O=Cc1nnn(-c2cccc(Cl)c2)c1-c1ccco1. The zero-order chi connectivity index (χ0) is 13.2. The number of carbonyl (C=O) groups excluding carboxylic acids is 1. The van der Waals surface area contributed by atoms with Crippen molar-refractivity contribution in [1.29, 1.82) is 0 Å². The number of rotatable bonds is 3. The smallest absolute Gasteiger partial charge is 0.172 e. The lowest BCUT2D eigenvalue weighted by atomic mass is 10.2. The minimum Gasteiger partial charge on any atom is -0.463 e. The van der Waals surface area contributed by atoms with Gasteiger partial charge in [-0.1, -0.05) is 22.9 Å². The van der Waals surface area contributed by atoms with Crippen LogP contribution in [0, 0.1) is 0 Å². The van der Waals surface area contributed by atoms with Gasteiger partial charge < -0.3 is 4.42 Å². The molecule has 0 saturated carbocycles. The molecule has 0 unspecified atom stereocenters. The van der Waals surface area contributed by atoms with Gasteiger partial charge in [-0.15, -0.1) is 5.10 Å². The number of aromatic nitrogens is 3. The van der Waals surface area contributed by atoms with Crippen molar-refractivity contribution in [2.45, 2.75) is 0 Å². The Bertz CT molecular complexity index is 719. The summed E-state index contributed by atoms with van der Waals surface area (Å²) in [4.78, 5) is 11.1. The van der Waals surface area contributed by atoms with Crippen LogP contribution in [0.4, 0.5) is 0 Å². The molecule has 0 N–H and O–H groups in total. The largest absolute Gasteiger partial charge is 0.463 e. The Labute approximate surface area is 113 Å². The average Bonchev–Trinajstić information content (AvgIpc) is 3.07. The molecular formula is C13H8ClN3O2. The summed E-state index contributed by atoms with van der Waals surface area (Å²) in [6.07, 6.45) is 2.17. The van der Waals surface area contributed by atoms with Crippen LogP contribution in [-0.4, -0.2) is 21.3 Å². The van der Waals surface area contributed by atoms with E-state index in [1.54, 1.807) is 30.3 Å². The van der Waals surface area contributed by atoms with Gasteiger partial charge in [0.15, 0.2) is 17.7 Å². The zero-order valence-corrected chi connectivity index (χ0v) is 10.4. The fourth-order valence-electron chi connectivity index (χ4n) is 1.81. The first-order chi connectivity index (χ1) is 9.29. The predicted octanol–water partition coefficient (Wildman–Crippen LogP) is 2.99. The van der Waals surface area contributed by atoms with Crippen molar-refractivity contribution < 1.29 is 9.21 Å². The second-order valence-electron chi connectivity index (χ2n) is 3.81. The topological polar surface area (TPSA) is 60.9 Å². The highest BCUT2D eigenvalue weighted by atomic mass is 35.5. The highest BCUT2D eigenvalue weighted by Crippen LogP contribution is 2.25. The first-order valence-corrected chi connectivity index (χ1v) is 5.88. The van der Waals surface area contributed by atoms with E-state index in [9.17, 15) is 4.79 Å². The normalized spacial score (nSPS) is 10.6. The van der Waals surface area contributed by atoms with Crippen LogP contribution in [-0.2, 0) is 0 Å². The monoisotopic (exact) mass is 273 g/mol. The minimum atomic E-state index is 0.218. The van der Waals surface area contributed by atoms with Gasteiger partial charge >= 0.3 is 0 Å². The quantitative estimate of drug-likeness (QED) is 0.688. The molecule has 3 aromatic rings. The van der Waals surface area contributed by atoms with Crippen LogP contribution in [0.1, 0.15) is 10.5 Å². The number of carbonyl (C=O) groups is 1. The number of hydrogen-bond donors (Lipinski definition) is 0. The van der Waals surface area contributed by atoms with Gasteiger partial charge in [0.2, 0.25) is 0 Å². The molecular weight excluding hydrogens is 266 g/mol. The Morgan fingerprint density at radius 3 is 2.84 bits per heavy atom. The van der Waals surface area contributed by atoms with Crippen molar-refractivity contribution in [3.05, 3.63) is 53.4 Å². The second kappa shape index (κ2) is 4.70. The first kappa shape index (κ1) is 11.7. The van der Waals surface area contributed by atoms with E-state index in [1.807, 2.05) is 6.07 Å². The van der Waals surface area contributed by atoms with Crippen LogP contribution in [0.5, 0.6) is 0 Å². The Hall–Kier alpha value is -2.40. The second-order valence-corrected chi connectivity index (χ2v) is 4.25. The molecule has 0 spiro atoms. The number of hydrogen-bond acceptors (Lipinski definition) is 4. The van der Waals surface area contributed by atoms with E-state index in [0.29, 0.717) is 28.5 Å². The summed E-state index contributed by atoms with van der Waals surface area (Å²) in [5.41, 5.74) is 1.43. The number of aldehydes is 1. The molecule has 2 heterocycles. The van der Waals surface area contributed by atoms with E-state index in [4.69, 9.17) is 16.0 Å². The maximum Gasteiger partial charge on any atom is 0.172 e. The summed E-state index contributed by atoms with van der Waals surface area (Å²) < 4.78 is 6.84. The van der Waals surface area contributed by atoms with Gasteiger partial charge in [-0.2, -0.15) is 0 Å². The highest BCUT2D eigenvalue weighted by Gasteiger charge is 2.18. The van der Waals surface area contributed by atoms with Gasteiger partial charge in [-0.25, -0.2) is 4.68 Å². The van der Waals surface area contributed by atoms with Crippen molar-refractivity contribution in [2.24, 2.45) is 0 Å². The van der Waals surface area contributed by atoms with E-state index in [2.05, 4.69) is 10.3 Å². The molecule has 94 valence electrons. The van der Waals surface area contributed by atoms with Crippen LogP contribution in [0.25, 0.3) is 17.1 Å². The standard InChI is InChI=1S/C13H8ClN3O2/c14-9-3-1-4-10(7-9)17-13(11(8-18)15-16-17)12-5-2-6-19-12/h1-8H. The molecule has 2 aromatic heterocycles. The molecule has 1 aromatic carbocycles. The lowest BCUT2D eigenvalue weighted by Gasteiger charge is -2.04. The Kier molecular flexibility index (Phi) is 2.89. The summed E-state index contributed by atoms with van der Waals surface area (Å²) in [5, 5.41) is 8.38. The van der Waals surface area contributed by atoms with Gasteiger partial charge in [-0.3, -0.25) is 4.79 Å². The van der Waals surface area contributed by atoms with Crippen molar-refractivity contribution in [2.75, 3.05) is 0 Å². The van der Waals surface area contributed by atoms with Crippen molar-refractivity contribution in [3.63, 3.8) is 0 Å². The summed E-state index contributed by atoms with van der Waals surface area (Å²) in [6.45, 7) is 0. The molecule has 3 rings (SSSR count). The summed E-state index contributed by atoms with van der Waals surface area (Å²) in [6, 6.07) is 10.6. The Morgan fingerprint density at radius 1 is 1.26 bits per heavy atom. The number of benzene rings is 1. The summed E-state index contributed by atoms with van der Waals surface area (Å²) in [7, 11) is 0. The molecule has 0 aliphatic rings. The van der Waals surface area contributed by atoms with Crippen molar-refractivity contribution in [3.8, 4) is 17.1 Å². The number of furan rings is 1. The van der Waals surface area contributed by atoms with Crippen LogP contribution >= 0.6 is 11.6 Å². The Balaban J connectivity index is 2.23. The predicted molar refractivity (Wildman–Crippen MR) is 69.5 cm³/mol. The summed E-state index contributed by atoms with van der Waals surface area (Å²) >= 11 is 5.96. The zero-order valence-electron chi connectivity index (χ0n) is 9.65. The van der Waals surface area contributed by atoms with Crippen molar-refractivity contribution >= 4 is 17.9 Å². The fourth-order valence-corrected chi connectivity index (χ4v) is 1.99. The first-order valence-electron chi connectivity index (χ1n) is 5.50. The third kappa shape index (κ3) is 2.04. The maximum absolute atomic E-state index is 11.1. The molecule has 5 nitrogen and oxygen atoms in total. The van der Waals surface area contributed by atoms with E-state index in [-0.39, 0.29) is 5.69 Å². The molecule has 0 atom stereocenters. The number of halogens is 1. The fraction of sp³-hybridized carbons (Fsp3) is 0. The number of nitrogens with zero attached hydrogens (tertiary/aromatic N) is 3. The molecule has 6 heteroatoms. The van der Waals surface area contributed by atoms with Gasteiger partial charge in [-0.05, 0) is 30.3 Å². The van der Waals surface area contributed by atoms with Gasteiger partial charge in [0, 0.05) is 5.02 Å². The maximum atomic E-state index is 11.1.